The van der Waals surface area contributed by atoms with Crippen molar-refractivity contribution >= 4 is 11.8 Å². The third-order valence-corrected chi connectivity index (χ3v) is 2.57. The summed E-state index contributed by atoms with van der Waals surface area (Å²) < 4.78 is 0. The first-order valence-corrected chi connectivity index (χ1v) is 4.76. The van der Waals surface area contributed by atoms with Gasteiger partial charge in [-0.25, -0.2) is 0 Å². The lowest BCUT2D eigenvalue weighted by molar-refractivity contribution is -0.127. The van der Waals surface area contributed by atoms with Crippen LogP contribution in [0.4, 0.5) is 0 Å². The maximum absolute atomic E-state index is 11.5. The molecule has 0 bridgehead atoms. The zero-order valence-corrected chi connectivity index (χ0v) is 7.67. The SMILES string of the molecule is CC1CC(=O)NC(C2CC2)C(=O)N1. The van der Waals surface area contributed by atoms with Crippen molar-refractivity contribution in [2.75, 3.05) is 0 Å². The molecule has 1 saturated carbocycles. The summed E-state index contributed by atoms with van der Waals surface area (Å²) in [7, 11) is 0. The first kappa shape index (κ1) is 8.53. The normalized spacial score (nSPS) is 34.8. The van der Waals surface area contributed by atoms with Gasteiger partial charge in [0.2, 0.25) is 11.8 Å². The van der Waals surface area contributed by atoms with E-state index in [0.717, 1.165) is 12.8 Å². The lowest BCUT2D eigenvalue weighted by atomic mass is 10.2. The van der Waals surface area contributed by atoms with Crippen LogP contribution < -0.4 is 10.6 Å². The number of carbonyl (C=O) groups is 2. The molecule has 1 aliphatic carbocycles. The standard InChI is InChI=1S/C9H14N2O2/c1-5-4-7(12)11-8(6-2-3-6)9(13)10-5/h5-6,8H,2-4H2,1H3,(H,10,13)(H,11,12). The van der Waals surface area contributed by atoms with E-state index in [4.69, 9.17) is 0 Å². The van der Waals surface area contributed by atoms with E-state index in [9.17, 15) is 9.59 Å². The van der Waals surface area contributed by atoms with E-state index in [2.05, 4.69) is 10.6 Å². The number of hydrogen-bond acceptors (Lipinski definition) is 2. The van der Waals surface area contributed by atoms with Crippen LogP contribution in [-0.4, -0.2) is 23.9 Å². The Morgan fingerprint density at radius 3 is 2.54 bits per heavy atom. The summed E-state index contributed by atoms with van der Waals surface area (Å²) in [6.07, 6.45) is 2.52. The Morgan fingerprint density at radius 2 is 1.92 bits per heavy atom. The maximum Gasteiger partial charge on any atom is 0.243 e. The minimum absolute atomic E-state index is 0.0113. The van der Waals surface area contributed by atoms with Crippen LogP contribution in [0.3, 0.4) is 0 Å². The van der Waals surface area contributed by atoms with Gasteiger partial charge in [-0.1, -0.05) is 0 Å². The number of carbonyl (C=O) groups excluding carboxylic acids is 2. The molecule has 2 aliphatic rings. The van der Waals surface area contributed by atoms with Gasteiger partial charge in [-0.3, -0.25) is 9.59 Å². The predicted molar refractivity (Wildman–Crippen MR) is 46.9 cm³/mol. The molecule has 2 rings (SSSR count). The molecule has 2 amide bonds. The molecule has 2 fully saturated rings. The van der Waals surface area contributed by atoms with Crippen LogP contribution in [0.1, 0.15) is 26.2 Å². The van der Waals surface area contributed by atoms with Crippen LogP contribution in [0.2, 0.25) is 0 Å². The third-order valence-electron chi connectivity index (χ3n) is 2.57. The fourth-order valence-corrected chi connectivity index (χ4v) is 1.72. The molecule has 2 unspecified atom stereocenters. The Hall–Kier alpha value is -1.06. The molecule has 0 aromatic heterocycles. The van der Waals surface area contributed by atoms with Crippen molar-refractivity contribution in [3.63, 3.8) is 0 Å². The van der Waals surface area contributed by atoms with Crippen LogP contribution in [0.15, 0.2) is 0 Å². The molecule has 4 nitrogen and oxygen atoms in total. The van der Waals surface area contributed by atoms with Crippen LogP contribution in [-0.2, 0) is 9.59 Å². The molecule has 13 heavy (non-hydrogen) atoms. The Labute approximate surface area is 77.1 Å². The van der Waals surface area contributed by atoms with Gasteiger partial charge in [0, 0.05) is 12.5 Å². The zero-order valence-electron chi connectivity index (χ0n) is 7.67. The molecular weight excluding hydrogens is 168 g/mol. The summed E-state index contributed by atoms with van der Waals surface area (Å²) in [5.74, 6) is 0.359. The van der Waals surface area contributed by atoms with E-state index in [0.29, 0.717) is 12.3 Å². The van der Waals surface area contributed by atoms with Crippen molar-refractivity contribution in [2.24, 2.45) is 5.92 Å². The monoisotopic (exact) mass is 182 g/mol. The van der Waals surface area contributed by atoms with E-state index < -0.39 is 0 Å². The molecule has 0 spiro atoms. The van der Waals surface area contributed by atoms with E-state index >= 15 is 0 Å². The lowest BCUT2D eigenvalue weighted by Crippen LogP contribution is -2.45. The van der Waals surface area contributed by atoms with E-state index in [1.807, 2.05) is 6.92 Å². The molecule has 4 heteroatoms. The molecule has 1 aliphatic heterocycles. The first-order chi connectivity index (χ1) is 6.16. The molecule has 2 N–H and O–H groups in total. The minimum Gasteiger partial charge on any atom is -0.351 e. The van der Waals surface area contributed by atoms with Crippen molar-refractivity contribution < 1.29 is 9.59 Å². The Bertz CT molecular complexity index is 248. The predicted octanol–water partition coefficient (Wildman–Crippen LogP) is -0.210. The average molecular weight is 182 g/mol. The van der Waals surface area contributed by atoms with Crippen molar-refractivity contribution in [3.8, 4) is 0 Å². The highest BCUT2D eigenvalue weighted by atomic mass is 16.2. The molecule has 0 aromatic carbocycles. The highest BCUT2D eigenvalue weighted by Crippen LogP contribution is 2.33. The van der Waals surface area contributed by atoms with E-state index in [1.54, 1.807) is 0 Å². The van der Waals surface area contributed by atoms with Crippen LogP contribution >= 0.6 is 0 Å². The first-order valence-electron chi connectivity index (χ1n) is 4.76. The summed E-state index contributed by atoms with van der Waals surface area (Å²) >= 11 is 0. The summed E-state index contributed by atoms with van der Waals surface area (Å²) in [6, 6.07) is -0.298. The van der Waals surface area contributed by atoms with Crippen molar-refractivity contribution in [1.29, 1.82) is 0 Å². The molecule has 0 aromatic rings. The van der Waals surface area contributed by atoms with E-state index in [-0.39, 0.29) is 23.9 Å². The molecule has 72 valence electrons. The maximum atomic E-state index is 11.5. The quantitative estimate of drug-likeness (QED) is 0.589. The summed E-state index contributed by atoms with van der Waals surface area (Å²) in [6.45, 7) is 1.85. The van der Waals surface area contributed by atoms with Crippen LogP contribution in [0.5, 0.6) is 0 Å². The van der Waals surface area contributed by atoms with Gasteiger partial charge < -0.3 is 10.6 Å². The Morgan fingerprint density at radius 1 is 1.23 bits per heavy atom. The van der Waals surface area contributed by atoms with Crippen molar-refractivity contribution in [2.45, 2.75) is 38.3 Å². The highest BCUT2D eigenvalue weighted by Gasteiger charge is 2.39. The molecule has 1 heterocycles. The average Bonchev–Trinajstić information content (AvgIpc) is 2.79. The van der Waals surface area contributed by atoms with Gasteiger partial charge in [0.1, 0.15) is 6.04 Å². The number of rotatable bonds is 1. The number of amides is 2. The fraction of sp³-hybridized carbons (Fsp3) is 0.778. The van der Waals surface area contributed by atoms with Gasteiger partial charge in [-0.05, 0) is 25.7 Å². The molecule has 1 saturated heterocycles. The molecule has 0 radical (unpaired) electrons. The molecule has 2 atom stereocenters. The largest absolute Gasteiger partial charge is 0.351 e. The van der Waals surface area contributed by atoms with Crippen molar-refractivity contribution in [3.05, 3.63) is 0 Å². The molecular formula is C9H14N2O2. The van der Waals surface area contributed by atoms with Crippen molar-refractivity contribution in [1.82, 2.24) is 10.6 Å². The summed E-state index contributed by atoms with van der Waals surface area (Å²) in [5.41, 5.74) is 0. The number of hydrogen-bond donors (Lipinski definition) is 2. The summed E-state index contributed by atoms with van der Waals surface area (Å²) in [5, 5.41) is 5.59. The second-order valence-electron chi connectivity index (χ2n) is 4.00. The van der Waals surface area contributed by atoms with Gasteiger partial charge in [-0.2, -0.15) is 0 Å². The second-order valence-corrected chi connectivity index (χ2v) is 4.00. The van der Waals surface area contributed by atoms with Gasteiger partial charge in [0.25, 0.3) is 0 Å². The van der Waals surface area contributed by atoms with Gasteiger partial charge in [0.15, 0.2) is 0 Å². The fourth-order valence-electron chi connectivity index (χ4n) is 1.72. The van der Waals surface area contributed by atoms with Crippen LogP contribution in [0, 0.1) is 5.92 Å². The van der Waals surface area contributed by atoms with Crippen LogP contribution in [0.25, 0.3) is 0 Å². The lowest BCUT2D eigenvalue weighted by Gasteiger charge is -2.13. The van der Waals surface area contributed by atoms with Gasteiger partial charge in [0.05, 0.1) is 0 Å². The Balaban J connectivity index is 2.08. The Kier molecular flexibility index (Phi) is 1.98. The van der Waals surface area contributed by atoms with Gasteiger partial charge in [-0.15, -0.1) is 0 Å². The topological polar surface area (TPSA) is 58.2 Å². The van der Waals surface area contributed by atoms with E-state index in [1.165, 1.54) is 0 Å². The number of nitrogens with one attached hydrogen (secondary N) is 2. The smallest absolute Gasteiger partial charge is 0.243 e. The third kappa shape index (κ3) is 1.82. The van der Waals surface area contributed by atoms with Gasteiger partial charge >= 0.3 is 0 Å². The summed E-state index contributed by atoms with van der Waals surface area (Å²) in [4.78, 5) is 22.8. The second kappa shape index (κ2) is 3.01. The zero-order chi connectivity index (χ0) is 9.42. The minimum atomic E-state index is -0.266. The highest BCUT2D eigenvalue weighted by molar-refractivity contribution is 5.90.